The maximum absolute atomic E-state index is 15.0. The Balaban J connectivity index is 1.82. The molecule has 0 aromatic heterocycles. The van der Waals surface area contributed by atoms with Gasteiger partial charge in [-0.1, -0.05) is 54.6 Å². The third kappa shape index (κ3) is 2.91. The number of halogens is 1. The standard InChI is InChI=1S/C20H15FO3/c21-20(19(24)16-8-4-5-9-17(16)22)12-10-15(11-13-20)18(23)14-6-2-1-3-7-14/h1-12,22H,13H2. The number of allylic oxidation sites excluding steroid dienone is 4. The van der Waals surface area contributed by atoms with Crippen molar-refractivity contribution in [3.8, 4) is 5.75 Å². The second-order valence-electron chi connectivity index (χ2n) is 5.60. The van der Waals surface area contributed by atoms with Gasteiger partial charge in [0, 0.05) is 17.6 Å². The Labute approximate surface area is 138 Å². The number of carbonyl (C=O) groups excluding carboxylic acids is 2. The fourth-order valence-corrected chi connectivity index (χ4v) is 2.60. The summed E-state index contributed by atoms with van der Waals surface area (Å²) < 4.78 is 15.0. The number of phenolic OH excluding ortho intramolecular Hbond substituents is 1. The smallest absolute Gasteiger partial charge is 0.208 e. The summed E-state index contributed by atoms with van der Waals surface area (Å²) in [7, 11) is 0. The molecule has 0 fully saturated rings. The molecule has 1 unspecified atom stereocenters. The second kappa shape index (κ2) is 6.24. The molecule has 0 amide bonds. The minimum Gasteiger partial charge on any atom is -0.507 e. The van der Waals surface area contributed by atoms with Crippen molar-refractivity contribution >= 4 is 11.6 Å². The van der Waals surface area contributed by atoms with E-state index in [1.165, 1.54) is 24.3 Å². The average Bonchev–Trinajstić information content (AvgIpc) is 2.62. The minimum absolute atomic E-state index is 0.0733. The van der Waals surface area contributed by atoms with Crippen LogP contribution in [-0.4, -0.2) is 22.3 Å². The van der Waals surface area contributed by atoms with Gasteiger partial charge in [0.25, 0.3) is 0 Å². The molecule has 1 aliphatic carbocycles. The SMILES string of the molecule is O=C(C1=CCC(F)(C(=O)c2ccccc2O)C=C1)c1ccccc1. The van der Waals surface area contributed by atoms with E-state index in [0.29, 0.717) is 11.1 Å². The van der Waals surface area contributed by atoms with E-state index in [9.17, 15) is 19.1 Å². The zero-order valence-corrected chi connectivity index (χ0v) is 12.8. The minimum atomic E-state index is -2.26. The quantitative estimate of drug-likeness (QED) is 0.864. The van der Waals surface area contributed by atoms with Crippen molar-refractivity contribution in [1.29, 1.82) is 0 Å². The van der Waals surface area contributed by atoms with Crippen LogP contribution in [0.5, 0.6) is 5.75 Å². The predicted molar refractivity (Wildman–Crippen MR) is 88.9 cm³/mol. The van der Waals surface area contributed by atoms with E-state index in [-0.39, 0.29) is 23.5 Å². The number of hydrogen-bond acceptors (Lipinski definition) is 3. The number of rotatable bonds is 4. The van der Waals surface area contributed by atoms with E-state index in [0.717, 1.165) is 6.08 Å². The highest BCUT2D eigenvalue weighted by molar-refractivity contribution is 6.12. The molecule has 24 heavy (non-hydrogen) atoms. The molecule has 1 atom stereocenters. The van der Waals surface area contributed by atoms with Gasteiger partial charge in [0.15, 0.2) is 11.5 Å². The Morgan fingerprint density at radius 1 is 1.00 bits per heavy atom. The van der Waals surface area contributed by atoms with Gasteiger partial charge in [-0.05, 0) is 18.2 Å². The Morgan fingerprint density at radius 3 is 2.29 bits per heavy atom. The number of ketones is 2. The lowest BCUT2D eigenvalue weighted by Crippen LogP contribution is -2.33. The van der Waals surface area contributed by atoms with Gasteiger partial charge in [-0.15, -0.1) is 0 Å². The number of para-hydroxylation sites is 1. The van der Waals surface area contributed by atoms with Crippen LogP contribution in [0.15, 0.2) is 78.4 Å². The van der Waals surface area contributed by atoms with E-state index >= 15 is 0 Å². The van der Waals surface area contributed by atoms with Crippen LogP contribution in [0.4, 0.5) is 4.39 Å². The maximum atomic E-state index is 15.0. The third-order valence-corrected chi connectivity index (χ3v) is 3.97. The van der Waals surface area contributed by atoms with Gasteiger partial charge >= 0.3 is 0 Å². The summed E-state index contributed by atoms with van der Waals surface area (Å²) in [5.41, 5.74) is -1.48. The van der Waals surface area contributed by atoms with Crippen LogP contribution in [0.25, 0.3) is 0 Å². The van der Waals surface area contributed by atoms with Crippen molar-refractivity contribution in [1.82, 2.24) is 0 Å². The van der Waals surface area contributed by atoms with Crippen LogP contribution in [0.2, 0.25) is 0 Å². The summed E-state index contributed by atoms with van der Waals surface area (Å²) in [5.74, 6) is -1.30. The number of hydrogen-bond donors (Lipinski definition) is 1. The summed E-state index contributed by atoms with van der Waals surface area (Å²) >= 11 is 0. The molecule has 0 spiro atoms. The first-order chi connectivity index (χ1) is 11.5. The lowest BCUT2D eigenvalue weighted by Gasteiger charge is -2.22. The molecule has 2 aromatic rings. The lowest BCUT2D eigenvalue weighted by atomic mass is 9.85. The summed E-state index contributed by atoms with van der Waals surface area (Å²) in [6.07, 6.45) is 3.60. The fourth-order valence-electron chi connectivity index (χ4n) is 2.60. The average molecular weight is 322 g/mol. The third-order valence-electron chi connectivity index (χ3n) is 3.97. The lowest BCUT2D eigenvalue weighted by molar-refractivity contribution is 0.0775. The van der Waals surface area contributed by atoms with Crippen LogP contribution >= 0.6 is 0 Å². The molecular formula is C20H15FO3. The van der Waals surface area contributed by atoms with Crippen LogP contribution in [0, 0.1) is 0 Å². The van der Waals surface area contributed by atoms with E-state index in [4.69, 9.17) is 0 Å². The molecule has 1 aliphatic rings. The first-order valence-electron chi connectivity index (χ1n) is 7.52. The highest BCUT2D eigenvalue weighted by Crippen LogP contribution is 2.32. The normalized spacial score (nSPS) is 19.6. The largest absolute Gasteiger partial charge is 0.507 e. The monoisotopic (exact) mass is 322 g/mol. The Hall–Kier alpha value is -3.01. The molecule has 1 N–H and O–H groups in total. The molecule has 4 heteroatoms. The highest BCUT2D eigenvalue weighted by atomic mass is 19.1. The van der Waals surface area contributed by atoms with Gasteiger partial charge in [0.05, 0.1) is 5.56 Å². The Bertz CT molecular complexity index is 852. The summed E-state index contributed by atoms with van der Waals surface area (Å²) in [6, 6.07) is 14.5. The van der Waals surface area contributed by atoms with Crippen molar-refractivity contribution in [2.24, 2.45) is 0 Å². The molecule has 0 saturated carbocycles. The van der Waals surface area contributed by atoms with Gasteiger partial charge < -0.3 is 5.11 Å². The number of alkyl halides is 1. The Kier molecular flexibility index (Phi) is 4.13. The van der Waals surface area contributed by atoms with E-state index in [2.05, 4.69) is 0 Å². The number of benzene rings is 2. The number of aromatic hydroxyl groups is 1. The summed E-state index contributed by atoms with van der Waals surface area (Å²) in [5, 5.41) is 9.73. The molecule has 3 nitrogen and oxygen atoms in total. The van der Waals surface area contributed by atoms with E-state index in [1.54, 1.807) is 42.5 Å². The molecular weight excluding hydrogens is 307 g/mol. The van der Waals surface area contributed by atoms with E-state index in [1.807, 2.05) is 0 Å². The van der Waals surface area contributed by atoms with Gasteiger partial charge in [0.2, 0.25) is 5.78 Å². The highest BCUT2D eigenvalue weighted by Gasteiger charge is 2.38. The van der Waals surface area contributed by atoms with Crippen molar-refractivity contribution in [3.05, 3.63) is 89.5 Å². The molecule has 0 heterocycles. The number of phenols is 1. The van der Waals surface area contributed by atoms with Crippen LogP contribution in [0.3, 0.4) is 0 Å². The first-order valence-corrected chi connectivity index (χ1v) is 7.52. The number of carbonyl (C=O) groups is 2. The molecule has 2 aromatic carbocycles. The topological polar surface area (TPSA) is 54.4 Å². The van der Waals surface area contributed by atoms with Crippen LogP contribution in [-0.2, 0) is 0 Å². The van der Waals surface area contributed by atoms with Crippen molar-refractivity contribution in [2.75, 3.05) is 0 Å². The number of Topliss-reactive ketones (excluding diaryl/α,β-unsaturated/α-hetero) is 2. The molecule has 3 rings (SSSR count). The molecule has 0 radical (unpaired) electrons. The van der Waals surface area contributed by atoms with Crippen molar-refractivity contribution in [2.45, 2.75) is 12.1 Å². The predicted octanol–water partition coefficient (Wildman–Crippen LogP) is 4.05. The zero-order chi connectivity index (χ0) is 17.2. The van der Waals surface area contributed by atoms with Crippen LogP contribution < -0.4 is 0 Å². The van der Waals surface area contributed by atoms with Crippen molar-refractivity contribution in [3.63, 3.8) is 0 Å². The molecule has 0 aliphatic heterocycles. The molecule has 0 saturated heterocycles. The van der Waals surface area contributed by atoms with Gasteiger partial charge in [-0.25, -0.2) is 4.39 Å². The van der Waals surface area contributed by atoms with Gasteiger partial charge in [-0.3, -0.25) is 9.59 Å². The van der Waals surface area contributed by atoms with Crippen LogP contribution in [0.1, 0.15) is 27.1 Å². The summed E-state index contributed by atoms with van der Waals surface area (Å²) in [6.45, 7) is 0. The summed E-state index contributed by atoms with van der Waals surface area (Å²) in [4.78, 5) is 24.7. The first kappa shape index (κ1) is 15.9. The van der Waals surface area contributed by atoms with Gasteiger partial charge in [0.1, 0.15) is 5.75 Å². The Morgan fingerprint density at radius 2 is 1.67 bits per heavy atom. The van der Waals surface area contributed by atoms with E-state index < -0.39 is 11.5 Å². The van der Waals surface area contributed by atoms with Crippen molar-refractivity contribution < 1.29 is 19.1 Å². The van der Waals surface area contributed by atoms with Gasteiger partial charge in [-0.2, -0.15) is 0 Å². The molecule has 120 valence electrons. The second-order valence-corrected chi connectivity index (χ2v) is 5.60. The maximum Gasteiger partial charge on any atom is 0.208 e. The molecule has 0 bridgehead atoms. The fraction of sp³-hybridized carbons (Fsp3) is 0.100. The zero-order valence-electron chi connectivity index (χ0n) is 12.8.